The molecule has 0 aliphatic heterocycles. The van der Waals surface area contributed by atoms with Crippen molar-refractivity contribution >= 4 is 17.5 Å². The van der Waals surface area contributed by atoms with Crippen molar-refractivity contribution in [1.82, 2.24) is 30.5 Å². The number of carbonyl (C=O) groups excluding carboxylic acids is 2. The first-order valence-corrected chi connectivity index (χ1v) is 11.6. The van der Waals surface area contributed by atoms with Crippen molar-refractivity contribution in [2.24, 2.45) is 0 Å². The number of furan rings is 1. The van der Waals surface area contributed by atoms with E-state index < -0.39 is 11.6 Å². The molecule has 0 unspecified atom stereocenters. The number of tetrazole rings is 1. The molecule has 4 aromatic rings. The normalized spacial score (nSPS) is 12.2. The summed E-state index contributed by atoms with van der Waals surface area (Å²) in [5, 5.41) is 15.4. The molecular weight excluding hydrogens is 458 g/mol. The first kappa shape index (κ1) is 24.8. The summed E-state index contributed by atoms with van der Waals surface area (Å²) in [7, 11) is 0. The van der Waals surface area contributed by atoms with Gasteiger partial charge in [-0.3, -0.25) is 19.5 Å². The highest BCUT2D eigenvalue weighted by Gasteiger charge is 2.35. The third-order valence-electron chi connectivity index (χ3n) is 5.27. The molecule has 0 saturated heterocycles. The third kappa shape index (κ3) is 5.83. The Hall–Kier alpha value is -4.34. The van der Waals surface area contributed by atoms with Crippen molar-refractivity contribution in [3.63, 3.8) is 0 Å². The van der Waals surface area contributed by atoms with Crippen LogP contribution in [-0.2, 0) is 16.1 Å². The lowest BCUT2D eigenvalue weighted by Gasteiger charge is -2.33. The van der Waals surface area contributed by atoms with Crippen LogP contribution in [0.5, 0.6) is 0 Å². The Morgan fingerprint density at radius 1 is 1.08 bits per heavy atom. The molecule has 10 nitrogen and oxygen atoms in total. The van der Waals surface area contributed by atoms with Crippen molar-refractivity contribution in [3.05, 3.63) is 77.8 Å². The zero-order chi connectivity index (χ0) is 25.9. The SMILES string of the molecule is Cc1cccc(N(C(=O)Cn2nnc(-c3ccc(C)o3)n2)[C@@H](C(=O)NC(C)(C)C)c2ccncc2)c1. The Morgan fingerprint density at radius 3 is 2.47 bits per heavy atom. The first-order valence-electron chi connectivity index (χ1n) is 11.6. The van der Waals surface area contributed by atoms with Crippen LogP contribution in [0.15, 0.2) is 65.3 Å². The summed E-state index contributed by atoms with van der Waals surface area (Å²) in [5.41, 5.74) is 1.64. The second-order valence-electron chi connectivity index (χ2n) is 9.58. The number of anilines is 1. The Kier molecular flexibility index (Phi) is 6.96. The van der Waals surface area contributed by atoms with Crippen LogP contribution < -0.4 is 10.2 Å². The van der Waals surface area contributed by atoms with Crippen molar-refractivity contribution in [2.75, 3.05) is 4.90 Å². The van der Waals surface area contributed by atoms with E-state index in [-0.39, 0.29) is 24.2 Å². The minimum atomic E-state index is -0.947. The maximum atomic E-state index is 13.8. The van der Waals surface area contributed by atoms with Gasteiger partial charge in [-0.25, -0.2) is 0 Å². The van der Waals surface area contributed by atoms with Crippen LogP contribution in [0.4, 0.5) is 5.69 Å². The Balaban J connectivity index is 1.73. The van der Waals surface area contributed by atoms with Crippen LogP contribution in [0.1, 0.15) is 43.7 Å². The number of rotatable bonds is 7. The molecule has 1 aromatic carbocycles. The molecule has 0 saturated carbocycles. The van der Waals surface area contributed by atoms with Gasteiger partial charge in [0.05, 0.1) is 0 Å². The van der Waals surface area contributed by atoms with Crippen LogP contribution in [0.2, 0.25) is 0 Å². The molecule has 36 heavy (non-hydrogen) atoms. The summed E-state index contributed by atoms with van der Waals surface area (Å²) in [6.07, 6.45) is 3.20. The summed E-state index contributed by atoms with van der Waals surface area (Å²) < 4.78 is 5.56. The van der Waals surface area contributed by atoms with E-state index in [0.29, 0.717) is 22.8 Å². The number of nitrogens with zero attached hydrogens (tertiary/aromatic N) is 6. The van der Waals surface area contributed by atoms with Gasteiger partial charge in [-0.1, -0.05) is 12.1 Å². The monoisotopic (exact) mass is 487 g/mol. The number of hydrogen-bond donors (Lipinski definition) is 1. The van der Waals surface area contributed by atoms with E-state index in [4.69, 9.17) is 4.42 Å². The van der Waals surface area contributed by atoms with Crippen molar-refractivity contribution < 1.29 is 14.0 Å². The second-order valence-corrected chi connectivity index (χ2v) is 9.58. The lowest BCUT2D eigenvalue weighted by molar-refractivity contribution is -0.128. The Morgan fingerprint density at radius 2 is 1.83 bits per heavy atom. The number of aryl methyl sites for hydroxylation is 2. The molecule has 0 radical (unpaired) electrons. The highest BCUT2D eigenvalue weighted by molar-refractivity contribution is 6.01. The van der Waals surface area contributed by atoms with Crippen LogP contribution in [0, 0.1) is 13.8 Å². The predicted octanol–water partition coefficient (Wildman–Crippen LogP) is 3.63. The summed E-state index contributed by atoms with van der Waals surface area (Å²) in [6.45, 7) is 9.20. The highest BCUT2D eigenvalue weighted by atomic mass is 16.3. The number of pyridine rings is 1. The van der Waals surface area contributed by atoms with E-state index in [1.54, 1.807) is 42.7 Å². The van der Waals surface area contributed by atoms with Gasteiger partial charge in [-0.2, -0.15) is 4.80 Å². The highest BCUT2D eigenvalue weighted by Crippen LogP contribution is 2.29. The first-order chi connectivity index (χ1) is 17.1. The molecule has 4 rings (SSSR count). The molecule has 1 atom stereocenters. The molecular formula is C26H29N7O3. The van der Waals surface area contributed by atoms with Gasteiger partial charge >= 0.3 is 0 Å². The van der Waals surface area contributed by atoms with Crippen LogP contribution >= 0.6 is 0 Å². The molecule has 0 bridgehead atoms. The van der Waals surface area contributed by atoms with Gasteiger partial charge in [0.1, 0.15) is 18.3 Å². The molecule has 0 aliphatic carbocycles. The molecule has 2 amide bonds. The molecule has 0 aliphatic rings. The van der Waals surface area contributed by atoms with Crippen LogP contribution in [0.3, 0.4) is 0 Å². The standard InChI is InChI=1S/C26H29N7O3/c1-17-7-6-8-20(15-17)33(23(19-11-13-27-14-12-19)25(35)28-26(3,4)5)22(34)16-32-30-24(29-31-32)21-10-9-18(2)36-21/h6-15,23H,16H2,1-5H3,(H,28,35)/t23-/m1/s1. The van der Waals surface area contributed by atoms with E-state index in [1.807, 2.05) is 52.8 Å². The van der Waals surface area contributed by atoms with E-state index in [1.165, 1.54) is 9.70 Å². The zero-order valence-electron chi connectivity index (χ0n) is 21.0. The van der Waals surface area contributed by atoms with Gasteiger partial charge in [0.15, 0.2) is 5.76 Å². The minimum absolute atomic E-state index is 0.231. The van der Waals surface area contributed by atoms with Gasteiger partial charge in [0, 0.05) is 23.6 Å². The van der Waals surface area contributed by atoms with Gasteiger partial charge in [-0.05, 0) is 87.4 Å². The Bertz CT molecular complexity index is 1360. The number of amides is 2. The molecule has 0 spiro atoms. The fourth-order valence-corrected chi connectivity index (χ4v) is 3.78. The number of hydrogen-bond acceptors (Lipinski definition) is 7. The van der Waals surface area contributed by atoms with E-state index >= 15 is 0 Å². The van der Waals surface area contributed by atoms with E-state index in [9.17, 15) is 9.59 Å². The molecule has 186 valence electrons. The molecule has 1 N–H and O–H groups in total. The quantitative estimate of drug-likeness (QED) is 0.423. The van der Waals surface area contributed by atoms with E-state index in [2.05, 4.69) is 25.7 Å². The van der Waals surface area contributed by atoms with Crippen LogP contribution in [-0.4, -0.2) is 42.5 Å². The lowest BCUT2D eigenvalue weighted by Crippen LogP contribution is -2.50. The summed E-state index contributed by atoms with van der Waals surface area (Å²) >= 11 is 0. The molecule has 3 aromatic heterocycles. The number of carbonyl (C=O) groups is 2. The summed E-state index contributed by atoms with van der Waals surface area (Å²) in [6, 6.07) is 13.5. The average Bonchev–Trinajstić information content (AvgIpc) is 3.45. The van der Waals surface area contributed by atoms with Crippen molar-refractivity contribution in [3.8, 4) is 11.6 Å². The number of nitrogens with one attached hydrogen (secondary N) is 1. The molecule has 3 heterocycles. The van der Waals surface area contributed by atoms with Gasteiger partial charge in [0.2, 0.25) is 11.7 Å². The van der Waals surface area contributed by atoms with Crippen molar-refractivity contribution in [2.45, 2.75) is 52.7 Å². The fourth-order valence-electron chi connectivity index (χ4n) is 3.78. The van der Waals surface area contributed by atoms with E-state index in [0.717, 1.165) is 5.56 Å². The summed E-state index contributed by atoms with van der Waals surface area (Å²) in [5.74, 6) is 0.746. The smallest absolute Gasteiger partial charge is 0.251 e. The predicted molar refractivity (Wildman–Crippen MR) is 134 cm³/mol. The topological polar surface area (TPSA) is 119 Å². The number of benzene rings is 1. The van der Waals surface area contributed by atoms with Gasteiger partial charge < -0.3 is 9.73 Å². The average molecular weight is 488 g/mol. The third-order valence-corrected chi connectivity index (χ3v) is 5.27. The summed E-state index contributed by atoms with van der Waals surface area (Å²) in [4.78, 5) is 34.2. The zero-order valence-corrected chi connectivity index (χ0v) is 21.0. The lowest BCUT2D eigenvalue weighted by atomic mass is 10.0. The van der Waals surface area contributed by atoms with Crippen LogP contribution in [0.25, 0.3) is 11.6 Å². The maximum absolute atomic E-state index is 13.8. The molecule has 10 heteroatoms. The fraction of sp³-hybridized carbons (Fsp3) is 0.308. The Labute approximate surface area is 209 Å². The maximum Gasteiger partial charge on any atom is 0.251 e. The molecule has 0 fully saturated rings. The minimum Gasteiger partial charge on any atom is -0.458 e. The van der Waals surface area contributed by atoms with Gasteiger partial charge in [0.25, 0.3) is 5.91 Å². The van der Waals surface area contributed by atoms with Gasteiger partial charge in [-0.15, -0.1) is 10.2 Å². The largest absolute Gasteiger partial charge is 0.458 e. The second kappa shape index (κ2) is 10.1. The van der Waals surface area contributed by atoms with Crippen molar-refractivity contribution in [1.29, 1.82) is 0 Å². The number of aromatic nitrogens is 5.